The number of rotatable bonds is 4. The van der Waals surface area contributed by atoms with Gasteiger partial charge in [0.25, 0.3) is 0 Å². The third-order valence-electron chi connectivity index (χ3n) is 1.59. The number of nitro groups is 1. The van der Waals surface area contributed by atoms with E-state index in [1.165, 1.54) is 11.3 Å². The molecule has 0 aliphatic rings. The van der Waals surface area contributed by atoms with Crippen LogP contribution in [0.1, 0.15) is 24.6 Å². The van der Waals surface area contributed by atoms with Crippen molar-refractivity contribution in [2.24, 2.45) is 0 Å². The summed E-state index contributed by atoms with van der Waals surface area (Å²) in [4.78, 5) is 11.2. The molecule has 0 bridgehead atoms. The second kappa shape index (κ2) is 4.77. The standard InChI is InChI=1S/C9H11NO2S/c1-2-4-8(10(11)12)7-9-5-3-6-13-9/h3,5-7H,2,4H2,1H3/b8-7+. The molecule has 4 heteroatoms. The summed E-state index contributed by atoms with van der Waals surface area (Å²) in [6.45, 7) is 1.94. The van der Waals surface area contributed by atoms with Gasteiger partial charge in [-0.15, -0.1) is 11.3 Å². The molecular weight excluding hydrogens is 186 g/mol. The lowest BCUT2D eigenvalue weighted by Crippen LogP contribution is -1.97. The van der Waals surface area contributed by atoms with Gasteiger partial charge in [-0.2, -0.15) is 0 Å². The van der Waals surface area contributed by atoms with Crippen molar-refractivity contribution in [3.05, 3.63) is 38.2 Å². The van der Waals surface area contributed by atoms with E-state index < -0.39 is 0 Å². The Balaban J connectivity index is 2.80. The second-order valence-corrected chi connectivity index (χ2v) is 3.64. The van der Waals surface area contributed by atoms with Gasteiger partial charge in [0, 0.05) is 17.4 Å². The minimum Gasteiger partial charge on any atom is -0.259 e. The SMILES string of the molecule is CCC/C(=C\c1cccs1)[N+](=O)[O-]. The van der Waals surface area contributed by atoms with Crippen molar-refractivity contribution in [1.29, 1.82) is 0 Å². The number of thiophene rings is 1. The van der Waals surface area contributed by atoms with Crippen molar-refractivity contribution in [2.75, 3.05) is 0 Å². The van der Waals surface area contributed by atoms with Crippen molar-refractivity contribution in [1.82, 2.24) is 0 Å². The lowest BCUT2D eigenvalue weighted by molar-refractivity contribution is -0.426. The van der Waals surface area contributed by atoms with Crippen LogP contribution < -0.4 is 0 Å². The molecule has 0 spiro atoms. The van der Waals surface area contributed by atoms with Crippen LogP contribution in [0.3, 0.4) is 0 Å². The molecule has 0 radical (unpaired) electrons. The highest BCUT2D eigenvalue weighted by Gasteiger charge is 2.08. The Morgan fingerprint density at radius 2 is 2.54 bits per heavy atom. The summed E-state index contributed by atoms with van der Waals surface area (Å²) in [7, 11) is 0. The minimum absolute atomic E-state index is 0.296. The molecule has 13 heavy (non-hydrogen) atoms. The topological polar surface area (TPSA) is 43.1 Å². The second-order valence-electron chi connectivity index (χ2n) is 2.66. The number of nitrogens with zero attached hydrogens (tertiary/aromatic N) is 1. The first-order valence-electron chi connectivity index (χ1n) is 4.12. The van der Waals surface area contributed by atoms with E-state index in [9.17, 15) is 10.1 Å². The minimum atomic E-state index is -0.302. The lowest BCUT2D eigenvalue weighted by Gasteiger charge is -1.93. The van der Waals surface area contributed by atoms with Gasteiger partial charge >= 0.3 is 0 Å². The third-order valence-corrected chi connectivity index (χ3v) is 2.41. The highest BCUT2D eigenvalue weighted by atomic mass is 32.1. The van der Waals surface area contributed by atoms with Crippen molar-refractivity contribution in [3.8, 4) is 0 Å². The fourth-order valence-corrected chi connectivity index (χ4v) is 1.69. The molecule has 0 atom stereocenters. The van der Waals surface area contributed by atoms with Crippen LogP contribution in [0.25, 0.3) is 6.08 Å². The fourth-order valence-electron chi connectivity index (χ4n) is 1.01. The molecule has 0 N–H and O–H groups in total. The molecular formula is C9H11NO2S. The van der Waals surface area contributed by atoms with Crippen LogP contribution in [0.5, 0.6) is 0 Å². The van der Waals surface area contributed by atoms with Gasteiger partial charge in [-0.05, 0) is 17.9 Å². The average molecular weight is 197 g/mol. The summed E-state index contributed by atoms with van der Waals surface area (Å²) in [6.07, 6.45) is 2.98. The van der Waals surface area contributed by atoms with Gasteiger partial charge in [-0.25, -0.2) is 0 Å². The van der Waals surface area contributed by atoms with Crippen LogP contribution in [0, 0.1) is 10.1 Å². The Bertz CT molecular complexity index is 303. The van der Waals surface area contributed by atoms with Crippen molar-refractivity contribution in [3.63, 3.8) is 0 Å². The predicted molar refractivity (Wildman–Crippen MR) is 54.2 cm³/mol. The van der Waals surface area contributed by atoms with Crippen molar-refractivity contribution < 1.29 is 4.92 Å². The Morgan fingerprint density at radius 3 is 3.00 bits per heavy atom. The van der Waals surface area contributed by atoms with E-state index in [4.69, 9.17) is 0 Å². The van der Waals surface area contributed by atoms with Gasteiger partial charge in [0.15, 0.2) is 0 Å². The van der Waals surface area contributed by atoms with Crippen LogP contribution in [-0.4, -0.2) is 4.92 Å². The van der Waals surface area contributed by atoms with Gasteiger partial charge in [0.2, 0.25) is 5.70 Å². The van der Waals surface area contributed by atoms with E-state index >= 15 is 0 Å². The molecule has 1 aromatic rings. The van der Waals surface area contributed by atoms with E-state index in [2.05, 4.69) is 0 Å². The summed E-state index contributed by atoms with van der Waals surface area (Å²) in [5, 5.41) is 12.5. The molecule has 0 saturated heterocycles. The smallest absolute Gasteiger partial charge is 0.247 e. The Morgan fingerprint density at radius 1 is 1.77 bits per heavy atom. The van der Waals surface area contributed by atoms with Gasteiger partial charge in [0.1, 0.15) is 0 Å². The number of allylic oxidation sites excluding steroid dienone is 1. The number of hydrogen-bond donors (Lipinski definition) is 0. The van der Waals surface area contributed by atoms with Gasteiger partial charge in [0.05, 0.1) is 4.92 Å². The molecule has 1 rings (SSSR count). The molecule has 0 aromatic carbocycles. The molecule has 0 aliphatic carbocycles. The van der Waals surface area contributed by atoms with E-state index in [0.29, 0.717) is 12.1 Å². The molecule has 3 nitrogen and oxygen atoms in total. The van der Waals surface area contributed by atoms with E-state index in [1.54, 1.807) is 6.08 Å². The Kier molecular flexibility index (Phi) is 3.64. The summed E-state index contributed by atoms with van der Waals surface area (Å²) in [6, 6.07) is 3.77. The molecule has 1 aromatic heterocycles. The van der Waals surface area contributed by atoms with Crippen LogP contribution in [-0.2, 0) is 0 Å². The van der Waals surface area contributed by atoms with E-state index in [-0.39, 0.29) is 4.92 Å². The van der Waals surface area contributed by atoms with Gasteiger partial charge in [-0.3, -0.25) is 10.1 Å². The maximum Gasteiger partial charge on any atom is 0.247 e. The zero-order chi connectivity index (χ0) is 9.68. The van der Waals surface area contributed by atoms with E-state index in [0.717, 1.165) is 11.3 Å². The van der Waals surface area contributed by atoms with Crippen LogP contribution in [0.2, 0.25) is 0 Å². The first-order valence-corrected chi connectivity index (χ1v) is 5.00. The first kappa shape index (κ1) is 9.92. The molecule has 0 saturated carbocycles. The zero-order valence-corrected chi connectivity index (χ0v) is 8.21. The van der Waals surface area contributed by atoms with Crippen molar-refractivity contribution in [2.45, 2.75) is 19.8 Å². The molecule has 1 heterocycles. The zero-order valence-electron chi connectivity index (χ0n) is 7.40. The maximum absolute atomic E-state index is 10.6. The first-order chi connectivity index (χ1) is 6.24. The van der Waals surface area contributed by atoms with Crippen molar-refractivity contribution >= 4 is 17.4 Å². The molecule has 0 fully saturated rings. The predicted octanol–water partition coefficient (Wildman–Crippen LogP) is 3.17. The monoisotopic (exact) mass is 197 g/mol. The Labute approximate surface area is 80.9 Å². The number of hydrogen-bond acceptors (Lipinski definition) is 3. The summed E-state index contributed by atoms with van der Waals surface area (Å²) in [5.74, 6) is 0. The average Bonchev–Trinajstić information content (AvgIpc) is 2.56. The maximum atomic E-state index is 10.6. The third kappa shape index (κ3) is 2.99. The summed E-state index contributed by atoms with van der Waals surface area (Å²) >= 11 is 1.51. The largest absolute Gasteiger partial charge is 0.259 e. The summed E-state index contributed by atoms with van der Waals surface area (Å²) < 4.78 is 0. The van der Waals surface area contributed by atoms with Crippen LogP contribution in [0.4, 0.5) is 0 Å². The molecule has 70 valence electrons. The quantitative estimate of drug-likeness (QED) is 0.549. The van der Waals surface area contributed by atoms with Gasteiger partial charge < -0.3 is 0 Å². The fraction of sp³-hybridized carbons (Fsp3) is 0.333. The molecule has 0 unspecified atom stereocenters. The normalized spacial score (nSPS) is 11.6. The van der Waals surface area contributed by atoms with E-state index in [1.807, 2.05) is 24.4 Å². The molecule has 0 amide bonds. The lowest BCUT2D eigenvalue weighted by atomic mass is 10.2. The van der Waals surface area contributed by atoms with Gasteiger partial charge in [-0.1, -0.05) is 13.0 Å². The highest BCUT2D eigenvalue weighted by Crippen LogP contribution is 2.16. The van der Waals surface area contributed by atoms with Crippen LogP contribution in [0.15, 0.2) is 23.2 Å². The highest BCUT2D eigenvalue weighted by molar-refractivity contribution is 7.10. The summed E-state index contributed by atoms with van der Waals surface area (Å²) in [5.41, 5.74) is 0.296. The molecule has 0 aliphatic heterocycles. The Hall–Kier alpha value is -1.16. The van der Waals surface area contributed by atoms with Crippen LogP contribution >= 0.6 is 11.3 Å².